The lowest BCUT2D eigenvalue weighted by Gasteiger charge is -2.27. The largest absolute Gasteiger partial charge is 0.481 e. The van der Waals surface area contributed by atoms with Gasteiger partial charge in [0.25, 0.3) is 5.56 Å². The van der Waals surface area contributed by atoms with E-state index in [0.717, 1.165) is 0 Å². The van der Waals surface area contributed by atoms with Crippen molar-refractivity contribution in [3.8, 4) is 0 Å². The molecule has 4 rings (SSSR count). The molecule has 3 aromatic rings. The second kappa shape index (κ2) is 7.73. The fraction of sp³-hybridized carbons (Fsp3) is 0.364. The highest BCUT2D eigenvalue weighted by molar-refractivity contribution is 6.05. The number of benzene rings is 1. The molecule has 2 heterocycles. The number of carboxylic acids is 1. The molecule has 0 aliphatic heterocycles. The van der Waals surface area contributed by atoms with Gasteiger partial charge in [0.05, 0.1) is 12.1 Å². The molecule has 6 nitrogen and oxygen atoms in total. The predicted octanol–water partition coefficient (Wildman–Crippen LogP) is 3.54. The molecule has 7 heteroatoms. The molecule has 1 saturated carbocycles. The maximum atomic E-state index is 13.7. The van der Waals surface area contributed by atoms with Crippen LogP contribution in [0.25, 0.3) is 21.7 Å². The lowest BCUT2D eigenvalue weighted by Crippen LogP contribution is -2.30. The van der Waals surface area contributed by atoms with Gasteiger partial charge in [-0.15, -0.1) is 0 Å². The fourth-order valence-electron chi connectivity index (χ4n) is 4.39. The number of halogens is 1. The highest BCUT2D eigenvalue weighted by atomic mass is 19.1. The van der Waals surface area contributed by atoms with Crippen LogP contribution in [0.5, 0.6) is 0 Å². The van der Waals surface area contributed by atoms with Crippen LogP contribution in [0, 0.1) is 17.7 Å². The van der Waals surface area contributed by atoms with Crippen molar-refractivity contribution >= 4 is 33.4 Å². The molecule has 1 aromatic carbocycles. The van der Waals surface area contributed by atoms with Crippen LogP contribution in [-0.2, 0) is 16.1 Å². The molecule has 1 fully saturated rings. The molecule has 0 atom stereocenters. The molecular weight excluding hydrogens is 375 g/mol. The van der Waals surface area contributed by atoms with Crippen molar-refractivity contribution in [3.63, 3.8) is 0 Å². The van der Waals surface area contributed by atoms with Crippen molar-refractivity contribution in [2.24, 2.45) is 11.8 Å². The van der Waals surface area contributed by atoms with Crippen LogP contribution in [0.2, 0.25) is 0 Å². The van der Waals surface area contributed by atoms with E-state index in [9.17, 15) is 18.8 Å². The molecule has 0 bridgehead atoms. The number of pyridine rings is 2. The Labute approximate surface area is 166 Å². The number of fused-ring (bicyclic) bond motifs is 3. The van der Waals surface area contributed by atoms with E-state index in [1.165, 1.54) is 22.8 Å². The Kier molecular flexibility index (Phi) is 5.13. The number of nitrogens with zero attached hydrogens (tertiary/aromatic N) is 2. The Hall–Kier alpha value is -3.09. The average molecular weight is 396 g/mol. The van der Waals surface area contributed by atoms with Gasteiger partial charge in [-0.1, -0.05) is 0 Å². The number of aromatic nitrogens is 2. The lowest BCUT2D eigenvalue weighted by molar-refractivity contribution is -0.138. The highest BCUT2D eigenvalue weighted by Gasteiger charge is 2.28. The van der Waals surface area contributed by atoms with Crippen molar-refractivity contribution in [2.45, 2.75) is 38.6 Å². The zero-order valence-electron chi connectivity index (χ0n) is 15.8. The number of hydrogen-bond donors (Lipinski definition) is 1. The number of aliphatic carboxylic acids is 1. The summed E-state index contributed by atoms with van der Waals surface area (Å²) < 4.78 is 15.2. The van der Waals surface area contributed by atoms with Crippen LogP contribution < -0.4 is 5.56 Å². The van der Waals surface area contributed by atoms with Gasteiger partial charge in [0, 0.05) is 40.9 Å². The van der Waals surface area contributed by atoms with Gasteiger partial charge < -0.3 is 9.67 Å². The first-order valence-corrected chi connectivity index (χ1v) is 9.74. The molecule has 1 N–H and O–H groups in total. The Morgan fingerprint density at radius 1 is 1.10 bits per heavy atom. The second-order valence-corrected chi connectivity index (χ2v) is 7.76. The molecular formula is C22H21FN2O4. The third kappa shape index (κ3) is 3.77. The van der Waals surface area contributed by atoms with Gasteiger partial charge in [-0.05, 0) is 55.9 Å². The summed E-state index contributed by atoms with van der Waals surface area (Å²) in [6.45, 7) is -0.0546. The minimum Gasteiger partial charge on any atom is -0.481 e. The van der Waals surface area contributed by atoms with E-state index >= 15 is 0 Å². The van der Waals surface area contributed by atoms with E-state index in [1.54, 1.807) is 18.5 Å². The number of carbonyl (C=O) groups is 2. The van der Waals surface area contributed by atoms with Crippen LogP contribution in [0.1, 0.15) is 32.1 Å². The molecule has 1 aliphatic carbocycles. The summed E-state index contributed by atoms with van der Waals surface area (Å²) in [6.07, 6.45) is 5.96. The van der Waals surface area contributed by atoms with Crippen molar-refractivity contribution in [2.75, 3.05) is 0 Å². The van der Waals surface area contributed by atoms with Crippen LogP contribution in [0.3, 0.4) is 0 Å². The van der Waals surface area contributed by atoms with Gasteiger partial charge in [0.1, 0.15) is 5.82 Å². The second-order valence-electron chi connectivity index (χ2n) is 7.76. The number of Topliss-reactive ketones (excluding diaryl/α,β-unsaturated/α-hetero) is 1. The first-order chi connectivity index (χ1) is 13.9. The third-order valence-electron chi connectivity index (χ3n) is 5.92. The number of ketones is 1. The fourth-order valence-corrected chi connectivity index (χ4v) is 4.39. The van der Waals surface area contributed by atoms with Crippen LogP contribution in [0.4, 0.5) is 4.39 Å². The van der Waals surface area contributed by atoms with Gasteiger partial charge in [0.15, 0.2) is 5.78 Å². The van der Waals surface area contributed by atoms with Crippen LogP contribution in [0.15, 0.2) is 41.5 Å². The quantitative estimate of drug-likeness (QED) is 0.667. The smallest absolute Gasteiger partial charge is 0.303 e. The first kappa shape index (κ1) is 19.2. The van der Waals surface area contributed by atoms with Crippen molar-refractivity contribution in [1.82, 2.24) is 9.55 Å². The molecule has 0 radical (unpaired) electrons. The van der Waals surface area contributed by atoms with E-state index in [4.69, 9.17) is 5.11 Å². The summed E-state index contributed by atoms with van der Waals surface area (Å²) >= 11 is 0. The first-order valence-electron chi connectivity index (χ1n) is 9.74. The van der Waals surface area contributed by atoms with Gasteiger partial charge in [-0.25, -0.2) is 4.39 Å². The molecule has 2 aromatic heterocycles. The minimum atomic E-state index is -0.806. The third-order valence-corrected chi connectivity index (χ3v) is 5.92. The van der Waals surface area contributed by atoms with E-state index in [-0.39, 0.29) is 36.1 Å². The molecule has 29 heavy (non-hydrogen) atoms. The molecule has 1 aliphatic rings. The zero-order valence-corrected chi connectivity index (χ0v) is 15.8. The molecule has 150 valence electrons. The number of hydrogen-bond acceptors (Lipinski definition) is 4. The Balaban J connectivity index is 1.65. The molecule has 0 saturated heterocycles. The van der Waals surface area contributed by atoms with E-state index in [1.807, 2.05) is 0 Å². The summed E-state index contributed by atoms with van der Waals surface area (Å²) in [5, 5.41) is 10.4. The Morgan fingerprint density at radius 3 is 2.59 bits per heavy atom. The SMILES string of the molecule is O=C(O)CC1CCC(C(=O)Cn2c(=O)c3ccc(F)cc3c3cnccc32)CC1. The van der Waals surface area contributed by atoms with Gasteiger partial charge >= 0.3 is 5.97 Å². The number of rotatable bonds is 5. The minimum absolute atomic E-state index is 0.0274. The zero-order chi connectivity index (χ0) is 20.5. The summed E-state index contributed by atoms with van der Waals surface area (Å²) in [6, 6.07) is 5.66. The van der Waals surface area contributed by atoms with Crippen molar-refractivity contribution in [3.05, 3.63) is 52.8 Å². The van der Waals surface area contributed by atoms with E-state index < -0.39 is 11.8 Å². The van der Waals surface area contributed by atoms with E-state index in [2.05, 4.69) is 4.98 Å². The molecule has 0 amide bonds. The molecule has 0 unspecified atom stereocenters. The predicted molar refractivity (Wildman–Crippen MR) is 106 cm³/mol. The Morgan fingerprint density at radius 2 is 1.86 bits per heavy atom. The average Bonchev–Trinajstić information content (AvgIpc) is 2.71. The number of carboxylic acid groups (broad SMARTS) is 1. The summed E-state index contributed by atoms with van der Waals surface area (Å²) in [5.41, 5.74) is 0.225. The van der Waals surface area contributed by atoms with Gasteiger partial charge in [-0.3, -0.25) is 19.4 Å². The van der Waals surface area contributed by atoms with Crippen LogP contribution in [-0.4, -0.2) is 26.4 Å². The van der Waals surface area contributed by atoms with E-state index in [0.29, 0.717) is 47.4 Å². The summed E-state index contributed by atoms with van der Waals surface area (Å²) in [7, 11) is 0. The maximum Gasteiger partial charge on any atom is 0.303 e. The maximum absolute atomic E-state index is 13.7. The summed E-state index contributed by atoms with van der Waals surface area (Å²) in [5.74, 6) is -1.33. The molecule has 0 spiro atoms. The lowest BCUT2D eigenvalue weighted by atomic mass is 9.78. The standard InChI is InChI=1S/C22H21FN2O4/c23-15-5-6-16-17(10-15)18-11-24-8-7-19(18)25(22(16)29)12-20(26)14-3-1-13(2-4-14)9-21(27)28/h5-8,10-11,13-14H,1-4,9,12H2,(H,27,28). The normalized spacial score (nSPS) is 19.5. The van der Waals surface area contributed by atoms with Crippen molar-refractivity contribution < 1.29 is 19.1 Å². The summed E-state index contributed by atoms with van der Waals surface area (Å²) in [4.78, 5) is 41.0. The van der Waals surface area contributed by atoms with Crippen molar-refractivity contribution in [1.29, 1.82) is 0 Å². The Bertz CT molecular complexity index is 1160. The highest BCUT2D eigenvalue weighted by Crippen LogP contribution is 2.32. The topological polar surface area (TPSA) is 89.3 Å². The van der Waals surface area contributed by atoms with Gasteiger partial charge in [0.2, 0.25) is 0 Å². The monoisotopic (exact) mass is 396 g/mol. The van der Waals surface area contributed by atoms with Crippen LogP contribution >= 0.6 is 0 Å². The van der Waals surface area contributed by atoms with Gasteiger partial charge in [-0.2, -0.15) is 0 Å². The number of carbonyl (C=O) groups excluding carboxylic acids is 1.